The van der Waals surface area contributed by atoms with Crippen LogP contribution in [0.3, 0.4) is 0 Å². The van der Waals surface area contributed by atoms with Gasteiger partial charge >= 0.3 is 5.69 Å². The highest BCUT2D eigenvalue weighted by Crippen LogP contribution is 2.11. The number of H-pyrrole nitrogens is 1. The second kappa shape index (κ2) is 5.01. The van der Waals surface area contributed by atoms with Crippen LogP contribution in [0.15, 0.2) is 49.0 Å². The molecule has 0 unspecified atom stereocenters. The molecule has 1 aromatic heterocycles. The van der Waals surface area contributed by atoms with Gasteiger partial charge in [-0.2, -0.15) is 0 Å². The summed E-state index contributed by atoms with van der Waals surface area (Å²) >= 11 is 6.44. The highest BCUT2D eigenvalue weighted by atomic mass is 79.9. The van der Waals surface area contributed by atoms with E-state index in [1.54, 1.807) is 0 Å². The van der Waals surface area contributed by atoms with Gasteiger partial charge in [-0.15, -0.1) is 0 Å². The Kier molecular flexibility index (Phi) is 3.63. The fraction of sp³-hybridized carbons (Fsp3) is 0.0909. The highest BCUT2D eigenvalue weighted by molar-refractivity contribution is 9.10. The van der Waals surface area contributed by atoms with Crippen molar-refractivity contribution in [3.8, 4) is 0 Å². The maximum absolute atomic E-state index is 11.8. The monoisotopic (exact) mass is 358 g/mol. The van der Waals surface area contributed by atoms with Gasteiger partial charge in [-0.3, -0.25) is 9.36 Å². The summed E-state index contributed by atoms with van der Waals surface area (Å²) < 4.78 is 2.40. The second-order valence-corrected chi connectivity index (χ2v) is 5.23. The minimum atomic E-state index is -0.418. The normalized spacial score (nSPS) is 10.5. The number of halogens is 2. The quantitative estimate of drug-likeness (QED) is 0.892. The Morgan fingerprint density at radius 2 is 2.00 bits per heavy atom. The van der Waals surface area contributed by atoms with Crippen molar-refractivity contribution in [1.29, 1.82) is 0 Å². The average Bonchev–Trinajstić information content (AvgIpc) is 2.30. The van der Waals surface area contributed by atoms with Gasteiger partial charge in [-0.1, -0.05) is 28.1 Å². The SMILES string of the molecule is O=c1[nH]cc(Br)c(=O)n1Cc1cccc(Br)c1. The second-order valence-electron chi connectivity index (χ2n) is 3.46. The number of benzene rings is 1. The number of hydrogen-bond acceptors (Lipinski definition) is 2. The standard InChI is InChI=1S/C11H8Br2N2O2/c12-8-3-1-2-7(4-8)6-15-10(16)9(13)5-14-11(15)17/h1-5H,6H2,(H,14,17). The summed E-state index contributed by atoms with van der Waals surface area (Å²) in [5.74, 6) is 0. The lowest BCUT2D eigenvalue weighted by Gasteiger charge is -2.05. The predicted molar refractivity (Wildman–Crippen MR) is 72.3 cm³/mol. The maximum atomic E-state index is 11.8. The lowest BCUT2D eigenvalue weighted by atomic mass is 10.2. The molecule has 0 fully saturated rings. The summed E-state index contributed by atoms with van der Waals surface area (Å²) in [6, 6.07) is 7.47. The van der Waals surface area contributed by atoms with Gasteiger partial charge in [0.15, 0.2) is 0 Å². The molecule has 4 nitrogen and oxygen atoms in total. The minimum Gasteiger partial charge on any atom is -0.313 e. The molecule has 0 bridgehead atoms. The number of aromatic amines is 1. The topological polar surface area (TPSA) is 54.9 Å². The Hall–Kier alpha value is -1.14. The fourth-order valence-electron chi connectivity index (χ4n) is 1.45. The molecule has 0 aliphatic rings. The summed E-state index contributed by atoms with van der Waals surface area (Å²) in [4.78, 5) is 25.8. The van der Waals surface area contributed by atoms with Gasteiger partial charge in [0, 0.05) is 10.7 Å². The van der Waals surface area contributed by atoms with Crippen molar-refractivity contribution in [3.05, 3.63) is 65.8 Å². The maximum Gasteiger partial charge on any atom is 0.328 e. The summed E-state index contributed by atoms with van der Waals surface area (Å²) in [7, 11) is 0. The first-order valence-corrected chi connectivity index (χ1v) is 6.39. The van der Waals surface area contributed by atoms with Gasteiger partial charge in [0.25, 0.3) is 5.56 Å². The van der Waals surface area contributed by atoms with Crippen molar-refractivity contribution in [2.45, 2.75) is 6.54 Å². The van der Waals surface area contributed by atoms with Gasteiger partial charge < -0.3 is 4.98 Å². The van der Waals surface area contributed by atoms with Crippen molar-refractivity contribution in [2.75, 3.05) is 0 Å². The molecule has 0 saturated heterocycles. The van der Waals surface area contributed by atoms with Gasteiger partial charge in [0.2, 0.25) is 0 Å². The van der Waals surface area contributed by atoms with E-state index in [9.17, 15) is 9.59 Å². The number of nitrogens with zero attached hydrogens (tertiary/aromatic N) is 1. The van der Waals surface area contributed by atoms with E-state index < -0.39 is 5.69 Å². The Labute approximate surface area is 114 Å². The van der Waals surface area contributed by atoms with E-state index in [2.05, 4.69) is 36.8 Å². The summed E-state index contributed by atoms with van der Waals surface area (Å²) in [5, 5.41) is 0. The molecule has 88 valence electrons. The smallest absolute Gasteiger partial charge is 0.313 e. The van der Waals surface area contributed by atoms with Crippen LogP contribution in [0.25, 0.3) is 0 Å². The Morgan fingerprint density at radius 1 is 1.24 bits per heavy atom. The summed E-state index contributed by atoms with van der Waals surface area (Å²) in [5.41, 5.74) is 0.122. The first-order chi connectivity index (χ1) is 8.08. The van der Waals surface area contributed by atoms with Crippen LogP contribution in [-0.2, 0) is 6.54 Å². The predicted octanol–water partition coefficient (Wildman–Crippen LogP) is 2.11. The molecule has 0 radical (unpaired) electrons. The molecular formula is C11H8Br2N2O2. The van der Waals surface area contributed by atoms with Crippen LogP contribution in [0, 0.1) is 0 Å². The third-order valence-electron chi connectivity index (χ3n) is 2.25. The van der Waals surface area contributed by atoms with E-state index in [1.807, 2.05) is 24.3 Å². The summed E-state index contributed by atoms with van der Waals surface area (Å²) in [6.07, 6.45) is 1.35. The number of nitrogens with one attached hydrogen (secondary N) is 1. The summed E-state index contributed by atoms with van der Waals surface area (Å²) in [6.45, 7) is 0.243. The van der Waals surface area contributed by atoms with Crippen LogP contribution in [0.2, 0.25) is 0 Å². The van der Waals surface area contributed by atoms with E-state index in [0.717, 1.165) is 14.6 Å². The van der Waals surface area contributed by atoms with E-state index in [1.165, 1.54) is 6.20 Å². The molecule has 0 atom stereocenters. The lowest BCUT2D eigenvalue weighted by molar-refractivity contribution is 0.694. The molecule has 0 aliphatic carbocycles. The van der Waals surface area contributed by atoms with Crippen LogP contribution >= 0.6 is 31.9 Å². The first-order valence-electron chi connectivity index (χ1n) is 4.80. The molecule has 0 saturated carbocycles. The molecule has 1 heterocycles. The van der Waals surface area contributed by atoms with Gasteiger partial charge in [0.1, 0.15) is 0 Å². The number of aromatic nitrogens is 2. The van der Waals surface area contributed by atoms with E-state index in [0.29, 0.717) is 4.47 Å². The molecule has 0 amide bonds. The fourth-order valence-corrected chi connectivity index (χ4v) is 2.22. The molecule has 0 aliphatic heterocycles. The van der Waals surface area contributed by atoms with Crippen molar-refractivity contribution in [3.63, 3.8) is 0 Å². The largest absolute Gasteiger partial charge is 0.328 e. The average molecular weight is 360 g/mol. The minimum absolute atomic E-state index is 0.243. The first kappa shape index (κ1) is 12.3. The van der Waals surface area contributed by atoms with Gasteiger partial charge in [0.05, 0.1) is 11.0 Å². The highest BCUT2D eigenvalue weighted by Gasteiger charge is 2.05. The number of rotatable bonds is 2. The zero-order chi connectivity index (χ0) is 12.4. The Balaban J connectivity index is 2.47. The van der Waals surface area contributed by atoms with Crippen molar-refractivity contribution in [2.24, 2.45) is 0 Å². The van der Waals surface area contributed by atoms with E-state index in [-0.39, 0.29) is 12.1 Å². The Morgan fingerprint density at radius 3 is 2.71 bits per heavy atom. The van der Waals surface area contributed by atoms with E-state index in [4.69, 9.17) is 0 Å². The van der Waals surface area contributed by atoms with E-state index >= 15 is 0 Å². The lowest BCUT2D eigenvalue weighted by Crippen LogP contribution is -2.35. The number of hydrogen-bond donors (Lipinski definition) is 1. The van der Waals surface area contributed by atoms with Crippen molar-refractivity contribution >= 4 is 31.9 Å². The van der Waals surface area contributed by atoms with Crippen LogP contribution in [0.1, 0.15) is 5.56 Å². The van der Waals surface area contributed by atoms with Crippen LogP contribution in [-0.4, -0.2) is 9.55 Å². The van der Waals surface area contributed by atoms with Crippen LogP contribution < -0.4 is 11.2 Å². The molecule has 2 rings (SSSR count). The van der Waals surface area contributed by atoms with Crippen LogP contribution in [0.4, 0.5) is 0 Å². The molecule has 6 heteroatoms. The molecule has 2 aromatic rings. The zero-order valence-corrected chi connectivity index (χ0v) is 11.8. The van der Waals surface area contributed by atoms with Gasteiger partial charge in [-0.05, 0) is 33.6 Å². The van der Waals surface area contributed by atoms with Gasteiger partial charge in [-0.25, -0.2) is 4.79 Å². The third kappa shape index (κ3) is 2.76. The zero-order valence-electron chi connectivity index (χ0n) is 8.61. The van der Waals surface area contributed by atoms with Crippen molar-refractivity contribution < 1.29 is 0 Å². The molecule has 17 heavy (non-hydrogen) atoms. The Bertz CT molecular complexity index is 661. The van der Waals surface area contributed by atoms with Crippen LogP contribution in [0.5, 0.6) is 0 Å². The van der Waals surface area contributed by atoms with Crippen molar-refractivity contribution in [1.82, 2.24) is 9.55 Å². The third-order valence-corrected chi connectivity index (χ3v) is 3.31. The molecule has 0 spiro atoms. The molecule has 1 N–H and O–H groups in total. The molecular weight excluding hydrogens is 352 g/mol. The molecule has 1 aromatic carbocycles.